The third-order valence-electron chi connectivity index (χ3n) is 5.30. The van der Waals surface area contributed by atoms with Crippen LogP contribution >= 0.6 is 0 Å². The first-order valence-electron chi connectivity index (χ1n) is 9.57. The van der Waals surface area contributed by atoms with Gasteiger partial charge in [-0.05, 0) is 62.4 Å². The SMILES string of the molecule is Cc1ccc(COC(=O)c2ccc(/N=C3\CCCCN3C)c(C)c2C)cc1. The number of hydrogen-bond acceptors (Lipinski definition) is 3. The zero-order chi connectivity index (χ0) is 19.4. The van der Waals surface area contributed by atoms with Crippen molar-refractivity contribution in [2.24, 2.45) is 4.99 Å². The van der Waals surface area contributed by atoms with E-state index in [0.29, 0.717) is 5.56 Å². The summed E-state index contributed by atoms with van der Waals surface area (Å²) in [6, 6.07) is 11.8. The molecule has 142 valence electrons. The Morgan fingerprint density at radius 1 is 1.04 bits per heavy atom. The van der Waals surface area contributed by atoms with Crippen LogP contribution in [0, 0.1) is 20.8 Å². The molecule has 1 aliphatic rings. The van der Waals surface area contributed by atoms with Gasteiger partial charge in [0.15, 0.2) is 0 Å². The summed E-state index contributed by atoms with van der Waals surface area (Å²) in [6.07, 6.45) is 3.42. The molecule has 0 radical (unpaired) electrons. The molecule has 0 saturated carbocycles. The number of amidine groups is 1. The van der Waals surface area contributed by atoms with Crippen molar-refractivity contribution in [2.45, 2.75) is 46.6 Å². The van der Waals surface area contributed by atoms with E-state index >= 15 is 0 Å². The van der Waals surface area contributed by atoms with Gasteiger partial charge < -0.3 is 9.64 Å². The molecule has 4 nitrogen and oxygen atoms in total. The minimum Gasteiger partial charge on any atom is -0.457 e. The monoisotopic (exact) mass is 364 g/mol. The molecule has 1 fully saturated rings. The summed E-state index contributed by atoms with van der Waals surface area (Å²) >= 11 is 0. The van der Waals surface area contributed by atoms with Crippen molar-refractivity contribution >= 4 is 17.5 Å². The van der Waals surface area contributed by atoms with Crippen molar-refractivity contribution in [2.75, 3.05) is 13.6 Å². The summed E-state index contributed by atoms with van der Waals surface area (Å²) in [7, 11) is 2.09. The Labute approximate surface area is 161 Å². The Morgan fingerprint density at radius 2 is 1.78 bits per heavy atom. The van der Waals surface area contributed by atoms with E-state index < -0.39 is 0 Å². The lowest BCUT2D eigenvalue weighted by Gasteiger charge is -2.26. The number of piperidine rings is 1. The van der Waals surface area contributed by atoms with Gasteiger partial charge in [-0.25, -0.2) is 9.79 Å². The van der Waals surface area contributed by atoms with E-state index in [0.717, 1.165) is 41.2 Å². The molecule has 0 bridgehead atoms. The summed E-state index contributed by atoms with van der Waals surface area (Å²) in [5.74, 6) is 0.837. The number of carbonyl (C=O) groups is 1. The van der Waals surface area contributed by atoms with E-state index in [1.54, 1.807) is 0 Å². The predicted molar refractivity (Wildman–Crippen MR) is 110 cm³/mol. The van der Waals surface area contributed by atoms with E-state index in [4.69, 9.17) is 9.73 Å². The van der Waals surface area contributed by atoms with E-state index in [9.17, 15) is 4.79 Å². The molecule has 1 aliphatic heterocycles. The number of rotatable bonds is 4. The zero-order valence-corrected chi connectivity index (χ0v) is 16.7. The van der Waals surface area contributed by atoms with Gasteiger partial charge in [-0.1, -0.05) is 29.8 Å². The largest absolute Gasteiger partial charge is 0.457 e. The fraction of sp³-hybridized carbons (Fsp3) is 0.391. The Morgan fingerprint density at radius 3 is 2.48 bits per heavy atom. The zero-order valence-electron chi connectivity index (χ0n) is 16.7. The smallest absolute Gasteiger partial charge is 0.338 e. The molecule has 2 aromatic rings. The number of likely N-dealkylation sites (tertiary alicyclic amines) is 1. The van der Waals surface area contributed by atoms with Gasteiger partial charge in [-0.2, -0.15) is 0 Å². The maximum absolute atomic E-state index is 12.5. The topological polar surface area (TPSA) is 41.9 Å². The highest BCUT2D eigenvalue weighted by Crippen LogP contribution is 2.27. The molecule has 0 N–H and O–H groups in total. The molecule has 4 heteroatoms. The van der Waals surface area contributed by atoms with Crippen LogP contribution < -0.4 is 0 Å². The molecule has 0 spiro atoms. The van der Waals surface area contributed by atoms with Crippen molar-refractivity contribution in [1.29, 1.82) is 0 Å². The number of hydrogen-bond donors (Lipinski definition) is 0. The first kappa shape index (κ1) is 19.2. The molecule has 1 heterocycles. The molecule has 2 aromatic carbocycles. The Balaban J connectivity index is 1.74. The van der Waals surface area contributed by atoms with E-state index in [2.05, 4.69) is 11.9 Å². The summed E-state index contributed by atoms with van der Waals surface area (Å²) in [6.45, 7) is 7.37. The van der Waals surface area contributed by atoms with Crippen LogP contribution in [0.1, 0.15) is 51.9 Å². The van der Waals surface area contributed by atoms with Crippen LogP contribution in [-0.4, -0.2) is 30.3 Å². The van der Waals surface area contributed by atoms with Crippen LogP contribution in [0.4, 0.5) is 5.69 Å². The summed E-state index contributed by atoms with van der Waals surface area (Å²) in [4.78, 5) is 19.6. The standard InChI is InChI=1S/C23H28N2O2/c1-16-8-10-19(11-9-16)15-27-23(26)20-12-13-21(18(3)17(20)2)24-22-7-5-6-14-25(22)4/h8-13H,5-7,14-15H2,1-4H3/b24-22+. The number of aryl methyl sites for hydroxylation is 1. The van der Waals surface area contributed by atoms with E-state index in [-0.39, 0.29) is 12.6 Å². The number of benzene rings is 2. The lowest BCUT2D eigenvalue weighted by molar-refractivity contribution is 0.0472. The predicted octanol–water partition coefficient (Wildman–Crippen LogP) is 5.11. The quantitative estimate of drug-likeness (QED) is 0.708. The number of carbonyl (C=O) groups excluding carboxylic acids is 1. The fourth-order valence-electron chi connectivity index (χ4n) is 3.29. The molecule has 3 rings (SSSR count). The van der Waals surface area contributed by atoms with Gasteiger partial charge in [0.05, 0.1) is 11.3 Å². The van der Waals surface area contributed by atoms with E-state index in [1.165, 1.54) is 18.4 Å². The van der Waals surface area contributed by atoms with Crippen molar-refractivity contribution in [3.05, 3.63) is 64.2 Å². The highest BCUT2D eigenvalue weighted by molar-refractivity contribution is 5.93. The van der Waals surface area contributed by atoms with Gasteiger partial charge in [0.2, 0.25) is 0 Å². The average Bonchev–Trinajstić information content (AvgIpc) is 2.66. The van der Waals surface area contributed by atoms with Gasteiger partial charge >= 0.3 is 5.97 Å². The van der Waals surface area contributed by atoms with Crippen molar-refractivity contribution in [3.63, 3.8) is 0 Å². The molecule has 0 atom stereocenters. The van der Waals surface area contributed by atoms with Crippen LogP contribution in [0.5, 0.6) is 0 Å². The highest BCUT2D eigenvalue weighted by Gasteiger charge is 2.16. The number of aliphatic imine (C=N–C) groups is 1. The van der Waals surface area contributed by atoms with Crippen LogP contribution in [0.25, 0.3) is 0 Å². The van der Waals surface area contributed by atoms with Crippen LogP contribution in [-0.2, 0) is 11.3 Å². The molecular formula is C23H28N2O2. The second-order valence-corrected chi connectivity index (χ2v) is 7.35. The summed E-state index contributed by atoms with van der Waals surface area (Å²) in [5, 5.41) is 0. The third-order valence-corrected chi connectivity index (χ3v) is 5.30. The van der Waals surface area contributed by atoms with Crippen molar-refractivity contribution in [3.8, 4) is 0 Å². The van der Waals surface area contributed by atoms with Crippen LogP contribution in [0.3, 0.4) is 0 Å². The molecule has 0 amide bonds. The number of esters is 1. The van der Waals surface area contributed by atoms with Gasteiger partial charge in [-0.15, -0.1) is 0 Å². The van der Waals surface area contributed by atoms with Gasteiger partial charge in [-0.3, -0.25) is 0 Å². The van der Waals surface area contributed by atoms with Crippen LogP contribution in [0.2, 0.25) is 0 Å². The molecule has 0 aromatic heterocycles. The number of nitrogens with zero attached hydrogens (tertiary/aromatic N) is 2. The maximum atomic E-state index is 12.5. The van der Waals surface area contributed by atoms with E-state index in [1.807, 2.05) is 57.2 Å². The minimum absolute atomic E-state index is 0.284. The first-order chi connectivity index (χ1) is 13.0. The Bertz CT molecular complexity index is 853. The average molecular weight is 364 g/mol. The van der Waals surface area contributed by atoms with Crippen molar-refractivity contribution < 1.29 is 9.53 Å². The normalized spacial score (nSPS) is 15.9. The minimum atomic E-state index is -0.287. The summed E-state index contributed by atoms with van der Waals surface area (Å²) in [5.41, 5.74) is 5.70. The third kappa shape index (κ3) is 4.57. The molecule has 0 aliphatic carbocycles. The lowest BCUT2D eigenvalue weighted by atomic mass is 10.0. The Kier molecular flexibility index (Phi) is 5.94. The number of ether oxygens (including phenoxy) is 1. The second-order valence-electron chi connectivity index (χ2n) is 7.35. The Hall–Kier alpha value is -2.62. The van der Waals surface area contributed by atoms with Gasteiger partial charge in [0.25, 0.3) is 0 Å². The second kappa shape index (κ2) is 8.38. The van der Waals surface area contributed by atoms with Crippen molar-refractivity contribution in [1.82, 2.24) is 4.90 Å². The molecule has 1 saturated heterocycles. The highest BCUT2D eigenvalue weighted by atomic mass is 16.5. The molecule has 0 unspecified atom stereocenters. The molecule has 27 heavy (non-hydrogen) atoms. The lowest BCUT2D eigenvalue weighted by Crippen LogP contribution is -2.31. The molecular weight excluding hydrogens is 336 g/mol. The van der Waals surface area contributed by atoms with Gasteiger partial charge in [0, 0.05) is 20.0 Å². The van der Waals surface area contributed by atoms with Crippen LogP contribution in [0.15, 0.2) is 41.4 Å². The van der Waals surface area contributed by atoms with Gasteiger partial charge in [0.1, 0.15) is 12.4 Å². The summed E-state index contributed by atoms with van der Waals surface area (Å²) < 4.78 is 5.51. The first-order valence-corrected chi connectivity index (χ1v) is 9.57. The fourth-order valence-corrected chi connectivity index (χ4v) is 3.29. The maximum Gasteiger partial charge on any atom is 0.338 e.